The number of rotatable bonds is 5. The average Bonchev–Trinajstić information content (AvgIpc) is 2.63. The molecule has 132 valence electrons. The Morgan fingerprint density at radius 1 is 0.960 bits per heavy atom. The lowest BCUT2D eigenvalue weighted by Crippen LogP contribution is -2.45. The number of piperazine rings is 1. The van der Waals surface area contributed by atoms with E-state index in [0.717, 1.165) is 38.4 Å². The molecule has 1 aliphatic heterocycles. The van der Waals surface area contributed by atoms with E-state index in [2.05, 4.69) is 47.9 Å². The third-order valence-corrected chi connectivity index (χ3v) is 4.85. The highest BCUT2D eigenvalue weighted by atomic mass is 16.6. The molecular formula is C20H25N3O2. The van der Waals surface area contributed by atoms with E-state index in [0.29, 0.717) is 5.92 Å². The first-order valence-electron chi connectivity index (χ1n) is 8.83. The summed E-state index contributed by atoms with van der Waals surface area (Å²) >= 11 is 0. The highest BCUT2D eigenvalue weighted by molar-refractivity contribution is 5.51. The molecule has 0 bridgehead atoms. The van der Waals surface area contributed by atoms with Crippen molar-refractivity contribution >= 4 is 11.4 Å². The third kappa shape index (κ3) is 4.37. The van der Waals surface area contributed by atoms with Crippen LogP contribution in [0.2, 0.25) is 0 Å². The highest BCUT2D eigenvalue weighted by Gasteiger charge is 2.18. The van der Waals surface area contributed by atoms with E-state index >= 15 is 0 Å². The smallest absolute Gasteiger partial charge is 0.269 e. The molecule has 1 aliphatic rings. The van der Waals surface area contributed by atoms with E-state index in [1.54, 1.807) is 12.1 Å². The van der Waals surface area contributed by atoms with Crippen molar-refractivity contribution in [2.24, 2.45) is 0 Å². The van der Waals surface area contributed by atoms with Crippen LogP contribution in [0.15, 0.2) is 48.5 Å². The van der Waals surface area contributed by atoms with E-state index in [9.17, 15) is 10.1 Å². The van der Waals surface area contributed by atoms with Crippen LogP contribution in [0.5, 0.6) is 0 Å². The van der Waals surface area contributed by atoms with Gasteiger partial charge in [0.1, 0.15) is 0 Å². The molecule has 0 radical (unpaired) electrons. The summed E-state index contributed by atoms with van der Waals surface area (Å²) in [5.41, 5.74) is 3.94. The fourth-order valence-electron chi connectivity index (χ4n) is 3.22. The molecule has 3 rings (SSSR count). The van der Waals surface area contributed by atoms with Gasteiger partial charge in [-0.05, 0) is 29.2 Å². The molecule has 2 aromatic carbocycles. The summed E-state index contributed by atoms with van der Waals surface area (Å²) in [6.45, 7) is 9.31. The predicted molar refractivity (Wildman–Crippen MR) is 101 cm³/mol. The summed E-state index contributed by atoms with van der Waals surface area (Å²) < 4.78 is 0. The summed E-state index contributed by atoms with van der Waals surface area (Å²) in [6.07, 6.45) is 0. The summed E-state index contributed by atoms with van der Waals surface area (Å²) in [5, 5.41) is 10.7. The second-order valence-corrected chi connectivity index (χ2v) is 6.93. The molecule has 5 heteroatoms. The topological polar surface area (TPSA) is 49.6 Å². The maximum absolute atomic E-state index is 10.7. The number of hydrogen-bond donors (Lipinski definition) is 0. The molecular weight excluding hydrogens is 314 g/mol. The quantitative estimate of drug-likeness (QED) is 0.609. The van der Waals surface area contributed by atoms with Crippen molar-refractivity contribution in [3.63, 3.8) is 0 Å². The fraction of sp³-hybridized carbons (Fsp3) is 0.400. The van der Waals surface area contributed by atoms with Gasteiger partial charge in [-0.2, -0.15) is 0 Å². The Morgan fingerprint density at radius 2 is 1.56 bits per heavy atom. The largest absolute Gasteiger partial charge is 0.369 e. The van der Waals surface area contributed by atoms with E-state index in [1.807, 2.05) is 12.1 Å². The summed E-state index contributed by atoms with van der Waals surface area (Å²) in [7, 11) is 0. The summed E-state index contributed by atoms with van der Waals surface area (Å²) in [6, 6.07) is 15.8. The van der Waals surface area contributed by atoms with Gasteiger partial charge < -0.3 is 4.90 Å². The number of nitro groups is 1. The lowest BCUT2D eigenvalue weighted by molar-refractivity contribution is -0.384. The highest BCUT2D eigenvalue weighted by Crippen LogP contribution is 2.21. The monoisotopic (exact) mass is 339 g/mol. The molecule has 0 atom stereocenters. The molecule has 1 heterocycles. The summed E-state index contributed by atoms with van der Waals surface area (Å²) in [5.74, 6) is 0.569. The minimum Gasteiger partial charge on any atom is -0.369 e. The molecule has 0 aromatic heterocycles. The van der Waals surface area contributed by atoms with Gasteiger partial charge in [0.15, 0.2) is 0 Å². The SMILES string of the molecule is CC(C)c1ccc(CN2CCN(c3ccc([N+](=O)[O-])cc3)CC2)cc1. The van der Waals surface area contributed by atoms with Crippen molar-refractivity contribution in [2.45, 2.75) is 26.3 Å². The Hall–Kier alpha value is -2.40. The molecule has 25 heavy (non-hydrogen) atoms. The zero-order valence-corrected chi connectivity index (χ0v) is 14.9. The number of non-ortho nitro benzene ring substituents is 1. The van der Waals surface area contributed by atoms with E-state index < -0.39 is 0 Å². The molecule has 5 nitrogen and oxygen atoms in total. The van der Waals surface area contributed by atoms with Crippen molar-refractivity contribution in [1.29, 1.82) is 0 Å². The maximum atomic E-state index is 10.7. The van der Waals surface area contributed by atoms with Crippen LogP contribution in [0.4, 0.5) is 11.4 Å². The Kier molecular flexibility index (Phi) is 5.34. The van der Waals surface area contributed by atoms with Gasteiger partial charge in [-0.1, -0.05) is 38.1 Å². The molecule has 0 unspecified atom stereocenters. The van der Waals surface area contributed by atoms with Gasteiger partial charge in [0.05, 0.1) is 4.92 Å². The molecule has 0 N–H and O–H groups in total. The molecule has 0 aliphatic carbocycles. The minimum absolute atomic E-state index is 0.146. The van der Waals surface area contributed by atoms with Gasteiger partial charge in [-0.15, -0.1) is 0 Å². The lowest BCUT2D eigenvalue weighted by atomic mass is 10.0. The Morgan fingerprint density at radius 3 is 2.08 bits per heavy atom. The van der Waals surface area contributed by atoms with Gasteiger partial charge in [-0.3, -0.25) is 15.0 Å². The van der Waals surface area contributed by atoms with Crippen LogP contribution in [0.3, 0.4) is 0 Å². The van der Waals surface area contributed by atoms with Crippen molar-refractivity contribution < 1.29 is 4.92 Å². The molecule has 1 saturated heterocycles. The zero-order valence-electron chi connectivity index (χ0n) is 14.9. The minimum atomic E-state index is -0.355. The molecule has 2 aromatic rings. The van der Waals surface area contributed by atoms with Crippen molar-refractivity contribution in [3.8, 4) is 0 Å². The first kappa shape index (κ1) is 17.4. The molecule has 0 spiro atoms. The zero-order chi connectivity index (χ0) is 17.8. The Bertz CT molecular complexity index is 703. The van der Waals surface area contributed by atoms with Gasteiger partial charge in [0.25, 0.3) is 5.69 Å². The summed E-state index contributed by atoms with van der Waals surface area (Å²) in [4.78, 5) is 15.2. The second kappa shape index (κ2) is 7.66. The first-order valence-corrected chi connectivity index (χ1v) is 8.83. The van der Waals surface area contributed by atoms with E-state index in [4.69, 9.17) is 0 Å². The van der Waals surface area contributed by atoms with Gasteiger partial charge >= 0.3 is 0 Å². The van der Waals surface area contributed by atoms with Crippen LogP contribution in [0.25, 0.3) is 0 Å². The standard InChI is InChI=1S/C20H25N3O2/c1-16(2)18-5-3-17(4-6-18)15-21-11-13-22(14-12-21)19-7-9-20(10-8-19)23(24)25/h3-10,16H,11-15H2,1-2H3. The first-order chi connectivity index (χ1) is 12.0. The van der Waals surface area contributed by atoms with Crippen LogP contribution in [-0.2, 0) is 6.54 Å². The number of nitro benzene ring substituents is 1. The number of anilines is 1. The van der Waals surface area contributed by atoms with Crippen LogP contribution >= 0.6 is 0 Å². The molecule has 1 fully saturated rings. The third-order valence-electron chi connectivity index (χ3n) is 4.85. The van der Waals surface area contributed by atoms with E-state index in [-0.39, 0.29) is 10.6 Å². The van der Waals surface area contributed by atoms with E-state index in [1.165, 1.54) is 11.1 Å². The number of nitrogens with zero attached hydrogens (tertiary/aromatic N) is 3. The van der Waals surface area contributed by atoms with Crippen molar-refractivity contribution in [3.05, 3.63) is 69.8 Å². The molecule has 0 saturated carbocycles. The molecule has 0 amide bonds. The predicted octanol–water partition coefficient (Wildman–Crippen LogP) is 4.04. The second-order valence-electron chi connectivity index (χ2n) is 6.93. The van der Waals surface area contributed by atoms with Crippen molar-refractivity contribution in [2.75, 3.05) is 31.1 Å². The average molecular weight is 339 g/mol. The normalized spacial score (nSPS) is 15.6. The van der Waals surface area contributed by atoms with Crippen molar-refractivity contribution in [1.82, 2.24) is 4.90 Å². The van der Waals surface area contributed by atoms with Crippen LogP contribution in [-0.4, -0.2) is 36.0 Å². The lowest BCUT2D eigenvalue weighted by Gasteiger charge is -2.36. The van der Waals surface area contributed by atoms with Crippen LogP contribution in [0.1, 0.15) is 30.9 Å². The number of benzene rings is 2. The Labute approximate surface area is 149 Å². The van der Waals surface area contributed by atoms with Crippen LogP contribution in [0, 0.1) is 10.1 Å². The van der Waals surface area contributed by atoms with Crippen LogP contribution < -0.4 is 4.90 Å². The van der Waals surface area contributed by atoms with Gasteiger partial charge in [0, 0.05) is 50.5 Å². The number of hydrogen-bond acceptors (Lipinski definition) is 4. The fourth-order valence-corrected chi connectivity index (χ4v) is 3.22. The maximum Gasteiger partial charge on any atom is 0.269 e. The van der Waals surface area contributed by atoms with Gasteiger partial charge in [0.2, 0.25) is 0 Å². The Balaban J connectivity index is 1.53. The van der Waals surface area contributed by atoms with Gasteiger partial charge in [-0.25, -0.2) is 0 Å².